The van der Waals surface area contributed by atoms with Crippen LogP contribution in [0.1, 0.15) is 17.5 Å². The van der Waals surface area contributed by atoms with Crippen LogP contribution in [0.15, 0.2) is 11.4 Å². The van der Waals surface area contributed by atoms with Crippen LogP contribution in [0.2, 0.25) is 0 Å². The number of nitrogens with one attached hydrogen (secondary N) is 1. The van der Waals surface area contributed by atoms with E-state index in [4.69, 9.17) is 5.73 Å². The maximum absolute atomic E-state index is 5.30. The fourth-order valence-corrected chi connectivity index (χ4v) is 2.34. The van der Waals surface area contributed by atoms with Gasteiger partial charge in [0.05, 0.1) is 16.3 Å². The van der Waals surface area contributed by atoms with E-state index in [1.807, 2.05) is 13.8 Å². The first-order valence-corrected chi connectivity index (χ1v) is 5.71. The molecule has 0 spiro atoms. The lowest BCUT2D eigenvalue weighted by Crippen LogP contribution is -2.25. The van der Waals surface area contributed by atoms with Crippen LogP contribution >= 0.6 is 23.6 Å². The highest BCUT2D eigenvalue weighted by Crippen LogP contribution is 2.20. The van der Waals surface area contributed by atoms with Gasteiger partial charge in [-0.2, -0.15) is 10.2 Å². The molecule has 0 aliphatic heterocycles. The van der Waals surface area contributed by atoms with Crippen LogP contribution in [-0.4, -0.2) is 25.4 Å². The Morgan fingerprint density at radius 1 is 1.69 bits per heavy atom. The van der Waals surface area contributed by atoms with E-state index < -0.39 is 0 Å². The summed E-state index contributed by atoms with van der Waals surface area (Å²) in [6.07, 6.45) is 1.53. The molecule has 2 rings (SSSR count). The second-order valence-corrected chi connectivity index (χ2v) is 4.56. The monoisotopic (exact) mass is 254 g/mol. The number of aromatic nitrogens is 3. The van der Waals surface area contributed by atoms with Crippen LogP contribution in [-0.2, 0) is 0 Å². The van der Waals surface area contributed by atoms with Gasteiger partial charge in [0.25, 0.3) is 0 Å². The summed E-state index contributed by atoms with van der Waals surface area (Å²) in [5.74, 6) is 0. The molecule has 0 aromatic carbocycles. The molecule has 0 atom stereocenters. The van der Waals surface area contributed by atoms with Crippen LogP contribution in [0.25, 0.3) is 4.96 Å². The molecule has 6 nitrogen and oxygen atoms in total. The number of rotatable bonds is 2. The third-order valence-electron chi connectivity index (χ3n) is 2.02. The number of hydrazone groups is 1. The topological polar surface area (TPSA) is 80.6 Å². The lowest BCUT2D eigenvalue weighted by molar-refractivity contribution is 0.928. The summed E-state index contributed by atoms with van der Waals surface area (Å²) >= 11 is 6.20. The molecule has 2 heterocycles. The number of thiazole rings is 1. The van der Waals surface area contributed by atoms with Crippen molar-refractivity contribution in [2.24, 2.45) is 10.8 Å². The molecule has 0 aliphatic carbocycles. The second kappa shape index (κ2) is 4.14. The Bertz CT molecular complexity index is 566. The molecule has 2 aromatic heterocycles. The molecule has 2 aromatic rings. The SMILES string of the molecule is CC(=NNC(N)=S)c1sc2ncnn2c1C. The highest BCUT2D eigenvalue weighted by Gasteiger charge is 2.12. The van der Waals surface area contributed by atoms with Gasteiger partial charge in [0.2, 0.25) is 4.96 Å². The fourth-order valence-electron chi connectivity index (χ4n) is 1.32. The molecule has 0 aliphatic rings. The Hall–Kier alpha value is -1.54. The third-order valence-corrected chi connectivity index (χ3v) is 3.37. The molecule has 16 heavy (non-hydrogen) atoms. The van der Waals surface area contributed by atoms with Crippen LogP contribution in [0, 0.1) is 6.92 Å². The van der Waals surface area contributed by atoms with Crippen LogP contribution < -0.4 is 11.2 Å². The summed E-state index contributed by atoms with van der Waals surface area (Å²) in [7, 11) is 0. The van der Waals surface area contributed by atoms with E-state index in [1.165, 1.54) is 17.7 Å². The Morgan fingerprint density at radius 2 is 2.44 bits per heavy atom. The van der Waals surface area contributed by atoms with Gasteiger partial charge in [-0.05, 0) is 26.1 Å². The minimum Gasteiger partial charge on any atom is -0.375 e. The zero-order valence-corrected chi connectivity index (χ0v) is 10.4. The summed E-state index contributed by atoms with van der Waals surface area (Å²) in [6, 6.07) is 0. The Labute approximate surface area is 101 Å². The van der Waals surface area contributed by atoms with Gasteiger partial charge < -0.3 is 5.73 Å². The third kappa shape index (κ3) is 1.89. The summed E-state index contributed by atoms with van der Waals surface area (Å²) in [5, 5.41) is 8.33. The number of fused-ring (bicyclic) bond motifs is 1. The van der Waals surface area contributed by atoms with Gasteiger partial charge in [-0.1, -0.05) is 11.3 Å². The first-order chi connectivity index (χ1) is 7.59. The van der Waals surface area contributed by atoms with Crippen molar-refractivity contribution in [3.8, 4) is 0 Å². The highest BCUT2D eigenvalue weighted by molar-refractivity contribution is 7.80. The predicted molar refractivity (Wildman–Crippen MR) is 67.7 cm³/mol. The second-order valence-electron chi connectivity index (χ2n) is 3.14. The van der Waals surface area contributed by atoms with Crippen LogP contribution in [0.4, 0.5) is 0 Å². The fraction of sp³-hybridized carbons (Fsp3) is 0.250. The number of hydrogen-bond donors (Lipinski definition) is 2. The first-order valence-electron chi connectivity index (χ1n) is 4.49. The lowest BCUT2D eigenvalue weighted by atomic mass is 10.3. The zero-order valence-electron chi connectivity index (χ0n) is 8.76. The Balaban J connectivity index is 2.39. The summed E-state index contributed by atoms with van der Waals surface area (Å²) in [6.45, 7) is 3.84. The van der Waals surface area contributed by atoms with Gasteiger partial charge in [0.15, 0.2) is 5.11 Å². The van der Waals surface area contributed by atoms with E-state index in [2.05, 4.69) is 32.8 Å². The lowest BCUT2D eigenvalue weighted by Gasteiger charge is -1.99. The van der Waals surface area contributed by atoms with E-state index in [9.17, 15) is 0 Å². The molecule has 84 valence electrons. The van der Waals surface area contributed by atoms with Gasteiger partial charge in [0, 0.05) is 0 Å². The maximum atomic E-state index is 5.30. The minimum absolute atomic E-state index is 0.150. The van der Waals surface area contributed by atoms with Gasteiger partial charge in [0.1, 0.15) is 6.33 Å². The van der Waals surface area contributed by atoms with E-state index in [0.717, 1.165) is 21.2 Å². The standard InChI is InChI=1S/C8H10N6S2/c1-4(12-13-7(9)15)6-5(2)14-8(16-6)10-3-11-14/h3H,1-2H3,(H3,9,13,15). The summed E-state index contributed by atoms with van der Waals surface area (Å²) in [4.78, 5) is 5.98. The average molecular weight is 254 g/mol. The van der Waals surface area contributed by atoms with Gasteiger partial charge in [-0.15, -0.1) is 0 Å². The van der Waals surface area contributed by atoms with E-state index >= 15 is 0 Å². The molecule has 0 fully saturated rings. The van der Waals surface area contributed by atoms with Gasteiger partial charge in [-0.25, -0.2) is 9.50 Å². The van der Waals surface area contributed by atoms with E-state index in [-0.39, 0.29) is 5.11 Å². The largest absolute Gasteiger partial charge is 0.375 e. The van der Waals surface area contributed by atoms with Crippen molar-refractivity contribution in [2.75, 3.05) is 0 Å². The van der Waals surface area contributed by atoms with Crippen molar-refractivity contribution in [1.29, 1.82) is 0 Å². The molecule has 8 heteroatoms. The Morgan fingerprint density at radius 3 is 3.06 bits per heavy atom. The van der Waals surface area contributed by atoms with Crippen molar-refractivity contribution in [1.82, 2.24) is 20.0 Å². The quantitative estimate of drug-likeness (QED) is 0.467. The molecule has 0 unspecified atom stereocenters. The number of nitrogens with two attached hydrogens (primary N) is 1. The normalized spacial score (nSPS) is 12.0. The molecule has 0 amide bonds. The predicted octanol–water partition coefficient (Wildman–Crippen LogP) is 0.656. The van der Waals surface area contributed by atoms with E-state index in [1.54, 1.807) is 4.52 Å². The van der Waals surface area contributed by atoms with Gasteiger partial charge in [-0.3, -0.25) is 5.43 Å². The van der Waals surface area contributed by atoms with Crippen molar-refractivity contribution >= 4 is 39.3 Å². The van der Waals surface area contributed by atoms with Crippen molar-refractivity contribution in [3.05, 3.63) is 16.9 Å². The van der Waals surface area contributed by atoms with E-state index in [0.29, 0.717) is 0 Å². The smallest absolute Gasteiger partial charge is 0.212 e. The molecule has 0 radical (unpaired) electrons. The van der Waals surface area contributed by atoms with Crippen molar-refractivity contribution in [3.63, 3.8) is 0 Å². The summed E-state index contributed by atoms with van der Waals surface area (Å²) in [5.41, 5.74) is 9.67. The average Bonchev–Trinajstić information content (AvgIpc) is 2.78. The van der Waals surface area contributed by atoms with Crippen molar-refractivity contribution < 1.29 is 0 Å². The van der Waals surface area contributed by atoms with Crippen molar-refractivity contribution in [2.45, 2.75) is 13.8 Å². The number of nitrogens with zero attached hydrogens (tertiary/aromatic N) is 4. The molecule has 0 saturated carbocycles. The van der Waals surface area contributed by atoms with Crippen LogP contribution in [0.5, 0.6) is 0 Å². The van der Waals surface area contributed by atoms with Crippen LogP contribution in [0.3, 0.4) is 0 Å². The first kappa shape index (κ1) is 11.0. The summed E-state index contributed by atoms with van der Waals surface area (Å²) < 4.78 is 1.78. The molecule has 3 N–H and O–H groups in total. The van der Waals surface area contributed by atoms with Gasteiger partial charge >= 0.3 is 0 Å². The highest BCUT2D eigenvalue weighted by atomic mass is 32.1. The molecular weight excluding hydrogens is 244 g/mol. The number of hydrogen-bond acceptors (Lipinski definition) is 5. The maximum Gasteiger partial charge on any atom is 0.212 e. The number of aryl methyl sites for hydroxylation is 1. The molecule has 0 saturated heterocycles. The molecular formula is C8H10N6S2. The Kier molecular flexibility index (Phi) is 2.84. The number of thiocarbonyl (C=S) groups is 1. The minimum atomic E-state index is 0.150. The molecule has 0 bridgehead atoms. The zero-order chi connectivity index (χ0) is 11.7.